The number of halogens is 1. The minimum absolute atomic E-state index is 0.186. The third kappa shape index (κ3) is 5.68. The summed E-state index contributed by atoms with van der Waals surface area (Å²) in [6.07, 6.45) is 2.04. The Morgan fingerprint density at radius 1 is 1.02 bits per heavy atom. The second-order valence-corrected chi connectivity index (χ2v) is 11.3. The monoisotopic (exact) mass is 578 g/mol. The van der Waals surface area contributed by atoms with Crippen LogP contribution in [-0.4, -0.2) is 26.8 Å². The number of carboxylic acids is 1. The quantitative estimate of drug-likeness (QED) is 0.199. The van der Waals surface area contributed by atoms with E-state index in [1.165, 1.54) is 23.9 Å². The van der Waals surface area contributed by atoms with Gasteiger partial charge >= 0.3 is 5.97 Å². The van der Waals surface area contributed by atoms with Gasteiger partial charge in [-0.2, -0.15) is 10.4 Å². The van der Waals surface area contributed by atoms with Crippen LogP contribution in [0, 0.1) is 11.3 Å². The van der Waals surface area contributed by atoms with E-state index >= 15 is 0 Å². The lowest BCUT2D eigenvalue weighted by Crippen LogP contribution is -2.23. The van der Waals surface area contributed by atoms with E-state index in [1.807, 2.05) is 59.3 Å². The standard InChI is InChI=1S/C32H23ClN4O3S/c33-24-8-12-26(13-9-24)41-31-29-27(30(38)35-18-19-4-6-21(7-5-19)32(39)40)15-23(22-3-1-2-20(14-22)17-34)16-28(29)37(36-31)25-10-11-25/h1-9,12-16,25H,10-11,18H2,(H,35,38)(H,39,40). The summed E-state index contributed by atoms with van der Waals surface area (Å²) in [6.45, 7) is 0.227. The summed E-state index contributed by atoms with van der Waals surface area (Å²) in [7, 11) is 0. The maximum atomic E-state index is 13.8. The molecule has 1 heterocycles. The second-order valence-electron chi connectivity index (χ2n) is 9.83. The van der Waals surface area contributed by atoms with Crippen LogP contribution in [0.3, 0.4) is 0 Å². The van der Waals surface area contributed by atoms with E-state index in [9.17, 15) is 20.0 Å². The van der Waals surface area contributed by atoms with Gasteiger partial charge < -0.3 is 10.4 Å². The van der Waals surface area contributed by atoms with Crippen LogP contribution in [-0.2, 0) is 6.54 Å². The summed E-state index contributed by atoms with van der Waals surface area (Å²) in [5.74, 6) is -1.28. The maximum Gasteiger partial charge on any atom is 0.335 e. The number of rotatable bonds is 8. The number of amides is 1. The number of nitrogens with one attached hydrogen (secondary N) is 1. The van der Waals surface area contributed by atoms with Gasteiger partial charge in [-0.05, 0) is 90.2 Å². The van der Waals surface area contributed by atoms with E-state index in [1.54, 1.807) is 18.2 Å². The SMILES string of the molecule is N#Cc1cccc(-c2cc(C(=O)NCc3ccc(C(=O)O)cc3)c3c(Sc4ccc(Cl)cc4)nn(C4CC4)c3c2)c1. The molecule has 4 aromatic carbocycles. The van der Waals surface area contributed by atoms with Crippen molar-refractivity contribution in [1.82, 2.24) is 15.1 Å². The van der Waals surface area contributed by atoms with Crippen molar-refractivity contribution in [2.24, 2.45) is 0 Å². The van der Waals surface area contributed by atoms with Crippen LogP contribution in [0.1, 0.15) is 50.7 Å². The molecule has 1 fully saturated rings. The molecule has 202 valence electrons. The molecule has 0 spiro atoms. The Kier molecular flexibility index (Phi) is 7.23. The summed E-state index contributed by atoms with van der Waals surface area (Å²) in [5, 5.41) is 28.8. The average Bonchev–Trinajstić information content (AvgIpc) is 3.78. The molecular formula is C32H23ClN4O3S. The van der Waals surface area contributed by atoms with E-state index in [0.29, 0.717) is 16.1 Å². The highest BCUT2D eigenvalue weighted by Gasteiger charge is 2.30. The van der Waals surface area contributed by atoms with Gasteiger partial charge in [-0.15, -0.1) is 0 Å². The van der Waals surface area contributed by atoms with Crippen LogP contribution < -0.4 is 5.32 Å². The van der Waals surface area contributed by atoms with Crippen molar-refractivity contribution in [2.75, 3.05) is 0 Å². The highest BCUT2D eigenvalue weighted by molar-refractivity contribution is 7.99. The van der Waals surface area contributed by atoms with Crippen LogP contribution >= 0.6 is 23.4 Å². The normalized spacial score (nSPS) is 12.7. The van der Waals surface area contributed by atoms with E-state index < -0.39 is 5.97 Å². The van der Waals surface area contributed by atoms with E-state index in [4.69, 9.17) is 16.7 Å². The Balaban J connectivity index is 1.45. The van der Waals surface area contributed by atoms with Gasteiger partial charge in [-0.3, -0.25) is 9.48 Å². The highest BCUT2D eigenvalue weighted by atomic mass is 35.5. The zero-order chi connectivity index (χ0) is 28.5. The third-order valence-corrected chi connectivity index (χ3v) is 8.16. The number of aromatic carboxylic acids is 1. The highest BCUT2D eigenvalue weighted by Crippen LogP contribution is 2.43. The molecule has 9 heteroatoms. The topological polar surface area (TPSA) is 108 Å². The lowest BCUT2D eigenvalue weighted by atomic mass is 9.98. The molecular weight excluding hydrogens is 556 g/mol. The molecule has 2 N–H and O–H groups in total. The fourth-order valence-electron chi connectivity index (χ4n) is 4.67. The van der Waals surface area contributed by atoms with Crippen molar-refractivity contribution in [3.05, 3.63) is 112 Å². The van der Waals surface area contributed by atoms with Gasteiger partial charge in [0, 0.05) is 21.8 Å². The molecule has 1 aliphatic carbocycles. The molecule has 1 amide bonds. The molecule has 0 bridgehead atoms. The number of carbonyl (C=O) groups excluding carboxylic acids is 1. The number of hydrogen-bond donors (Lipinski definition) is 2. The smallest absolute Gasteiger partial charge is 0.335 e. The van der Waals surface area contributed by atoms with Crippen molar-refractivity contribution in [3.8, 4) is 17.2 Å². The van der Waals surface area contributed by atoms with E-state index in [-0.39, 0.29) is 24.1 Å². The molecule has 7 nitrogen and oxygen atoms in total. The molecule has 1 saturated carbocycles. The van der Waals surface area contributed by atoms with Gasteiger partial charge in [-0.1, -0.05) is 47.6 Å². The second kappa shape index (κ2) is 11.1. The summed E-state index contributed by atoms with van der Waals surface area (Å²) in [5.41, 5.74) is 4.49. The number of nitrogens with zero attached hydrogens (tertiary/aromatic N) is 3. The summed E-state index contributed by atoms with van der Waals surface area (Å²) in [4.78, 5) is 26.0. The molecule has 0 unspecified atom stereocenters. The van der Waals surface area contributed by atoms with Gasteiger partial charge in [0.05, 0.1) is 34.3 Å². The zero-order valence-corrected chi connectivity index (χ0v) is 23.2. The molecule has 0 saturated heterocycles. The van der Waals surface area contributed by atoms with Crippen LogP contribution in [0.2, 0.25) is 5.02 Å². The van der Waals surface area contributed by atoms with Crippen molar-refractivity contribution >= 4 is 46.1 Å². The Labute approximate surface area is 245 Å². The Morgan fingerprint density at radius 3 is 2.46 bits per heavy atom. The average molecular weight is 579 g/mol. The minimum Gasteiger partial charge on any atom is -0.478 e. The molecule has 5 aromatic rings. The number of aromatic nitrogens is 2. The van der Waals surface area contributed by atoms with Crippen LogP contribution in [0.4, 0.5) is 0 Å². The summed E-state index contributed by atoms with van der Waals surface area (Å²) >= 11 is 7.59. The lowest BCUT2D eigenvalue weighted by molar-refractivity contribution is 0.0696. The minimum atomic E-state index is -1.00. The first kappa shape index (κ1) is 26.6. The van der Waals surface area contributed by atoms with Crippen LogP contribution in [0.5, 0.6) is 0 Å². The number of hydrogen-bond acceptors (Lipinski definition) is 5. The molecule has 41 heavy (non-hydrogen) atoms. The molecule has 0 aliphatic heterocycles. The Bertz CT molecular complexity index is 1840. The largest absolute Gasteiger partial charge is 0.478 e. The van der Waals surface area contributed by atoms with Gasteiger partial charge in [0.15, 0.2) is 0 Å². The predicted octanol–water partition coefficient (Wildman–Crippen LogP) is 7.34. The summed E-state index contributed by atoms with van der Waals surface area (Å²) < 4.78 is 2.02. The number of carbonyl (C=O) groups is 2. The number of nitriles is 1. The Hall–Kier alpha value is -4.58. The molecule has 1 aromatic heterocycles. The lowest BCUT2D eigenvalue weighted by Gasteiger charge is -2.12. The van der Waals surface area contributed by atoms with Gasteiger partial charge in [0.2, 0.25) is 0 Å². The van der Waals surface area contributed by atoms with Crippen molar-refractivity contribution in [2.45, 2.75) is 35.3 Å². The third-order valence-electron chi connectivity index (χ3n) is 6.92. The summed E-state index contributed by atoms with van der Waals surface area (Å²) in [6, 6.07) is 27.6. The van der Waals surface area contributed by atoms with Crippen molar-refractivity contribution in [1.29, 1.82) is 5.26 Å². The van der Waals surface area contributed by atoms with Gasteiger partial charge in [0.25, 0.3) is 5.91 Å². The zero-order valence-electron chi connectivity index (χ0n) is 21.7. The van der Waals surface area contributed by atoms with E-state index in [2.05, 4.69) is 11.4 Å². The fourth-order valence-corrected chi connectivity index (χ4v) is 5.74. The molecule has 0 atom stereocenters. The maximum absolute atomic E-state index is 13.8. The van der Waals surface area contributed by atoms with Crippen LogP contribution in [0.25, 0.3) is 22.0 Å². The number of carboxylic acid groups (broad SMARTS) is 1. The van der Waals surface area contributed by atoms with Crippen molar-refractivity contribution in [3.63, 3.8) is 0 Å². The molecule has 1 aliphatic rings. The van der Waals surface area contributed by atoms with E-state index in [0.717, 1.165) is 50.4 Å². The first-order chi connectivity index (χ1) is 19.9. The van der Waals surface area contributed by atoms with Crippen LogP contribution in [0.15, 0.2) is 94.9 Å². The first-order valence-electron chi connectivity index (χ1n) is 13.0. The predicted molar refractivity (Wildman–Crippen MR) is 158 cm³/mol. The Morgan fingerprint density at radius 2 is 1.78 bits per heavy atom. The number of fused-ring (bicyclic) bond motifs is 1. The van der Waals surface area contributed by atoms with Crippen molar-refractivity contribution < 1.29 is 14.7 Å². The van der Waals surface area contributed by atoms with Gasteiger partial charge in [-0.25, -0.2) is 4.79 Å². The first-order valence-corrected chi connectivity index (χ1v) is 14.2. The molecule has 6 rings (SSSR count). The van der Waals surface area contributed by atoms with Gasteiger partial charge in [0.1, 0.15) is 5.03 Å². The molecule has 0 radical (unpaired) electrons. The fraction of sp³-hybridized carbons (Fsp3) is 0.125. The number of benzene rings is 4.